The zero-order valence-corrected chi connectivity index (χ0v) is 10.9. The number of hydrogen-bond acceptors (Lipinski definition) is 1. The zero-order valence-electron chi connectivity index (χ0n) is 10.9. The van der Waals surface area contributed by atoms with Gasteiger partial charge in [0.25, 0.3) is 0 Å². The molecule has 0 bridgehead atoms. The van der Waals surface area contributed by atoms with Crippen LogP contribution in [-0.4, -0.2) is 13.6 Å². The van der Waals surface area contributed by atoms with E-state index in [2.05, 4.69) is 56.5 Å². The third-order valence-corrected chi connectivity index (χ3v) is 3.29. The molecule has 1 aromatic carbocycles. The third-order valence-electron chi connectivity index (χ3n) is 3.29. The van der Waals surface area contributed by atoms with Gasteiger partial charge in [-0.2, -0.15) is 0 Å². The summed E-state index contributed by atoms with van der Waals surface area (Å²) in [6.07, 6.45) is 3.81. The number of benzene rings is 1. The molecule has 1 nitrogen and oxygen atoms in total. The normalized spacial score (nSPS) is 14.7. The van der Waals surface area contributed by atoms with Crippen LogP contribution in [0.2, 0.25) is 0 Å². The van der Waals surface area contributed by atoms with Crippen molar-refractivity contribution in [2.24, 2.45) is 11.8 Å². The van der Waals surface area contributed by atoms with Gasteiger partial charge in [0.2, 0.25) is 0 Å². The molecule has 1 aromatic rings. The maximum Gasteiger partial charge on any atom is -0.00202 e. The van der Waals surface area contributed by atoms with E-state index in [0.717, 1.165) is 18.4 Å². The Kier molecular flexibility index (Phi) is 6.17. The first-order chi connectivity index (χ1) is 7.76. The Morgan fingerprint density at radius 1 is 1.19 bits per heavy atom. The topological polar surface area (TPSA) is 12.0 Å². The fourth-order valence-electron chi connectivity index (χ4n) is 2.21. The summed E-state index contributed by atoms with van der Waals surface area (Å²) < 4.78 is 0. The van der Waals surface area contributed by atoms with Crippen molar-refractivity contribution < 1.29 is 0 Å². The largest absolute Gasteiger partial charge is 0.319 e. The van der Waals surface area contributed by atoms with Crippen molar-refractivity contribution >= 4 is 0 Å². The van der Waals surface area contributed by atoms with Gasteiger partial charge >= 0.3 is 0 Å². The summed E-state index contributed by atoms with van der Waals surface area (Å²) in [5.41, 5.74) is 1.46. The molecule has 0 saturated heterocycles. The van der Waals surface area contributed by atoms with E-state index in [1.54, 1.807) is 0 Å². The van der Waals surface area contributed by atoms with Crippen molar-refractivity contribution in [2.75, 3.05) is 13.6 Å². The van der Waals surface area contributed by atoms with E-state index in [9.17, 15) is 0 Å². The Bertz CT molecular complexity index is 268. The van der Waals surface area contributed by atoms with Crippen molar-refractivity contribution in [1.82, 2.24) is 5.32 Å². The second-order valence-corrected chi connectivity index (χ2v) is 4.86. The van der Waals surface area contributed by atoms with Crippen molar-refractivity contribution in [2.45, 2.75) is 33.1 Å². The summed E-state index contributed by atoms with van der Waals surface area (Å²) in [6, 6.07) is 10.8. The van der Waals surface area contributed by atoms with Gasteiger partial charge in [-0.25, -0.2) is 0 Å². The Morgan fingerprint density at radius 2 is 1.88 bits per heavy atom. The molecule has 16 heavy (non-hydrogen) atoms. The molecule has 1 N–H and O–H groups in total. The van der Waals surface area contributed by atoms with Crippen LogP contribution in [-0.2, 0) is 6.42 Å². The lowest BCUT2D eigenvalue weighted by Crippen LogP contribution is -2.22. The van der Waals surface area contributed by atoms with E-state index in [1.807, 2.05) is 0 Å². The molecule has 0 spiro atoms. The first-order valence-electron chi connectivity index (χ1n) is 6.44. The highest BCUT2D eigenvalue weighted by molar-refractivity contribution is 5.15. The second kappa shape index (κ2) is 7.45. The van der Waals surface area contributed by atoms with E-state index >= 15 is 0 Å². The van der Waals surface area contributed by atoms with Crippen LogP contribution in [0.5, 0.6) is 0 Å². The Hall–Kier alpha value is -0.820. The molecule has 1 heteroatoms. The van der Waals surface area contributed by atoms with Crippen molar-refractivity contribution in [3.05, 3.63) is 35.9 Å². The molecule has 0 radical (unpaired) electrons. The Morgan fingerprint density at radius 3 is 2.44 bits per heavy atom. The standard InChI is InChI=1S/C15H25N/c1-4-13(2)10-15(12-16-3)11-14-8-6-5-7-9-14/h5-9,13,15-16H,4,10-12H2,1-3H3. The summed E-state index contributed by atoms with van der Waals surface area (Å²) in [4.78, 5) is 0. The molecule has 2 atom stereocenters. The molecule has 0 fully saturated rings. The molecule has 1 rings (SSSR count). The summed E-state index contributed by atoms with van der Waals surface area (Å²) in [7, 11) is 2.05. The van der Waals surface area contributed by atoms with Crippen molar-refractivity contribution in [1.29, 1.82) is 0 Å². The molecular formula is C15H25N. The molecular weight excluding hydrogens is 194 g/mol. The van der Waals surface area contributed by atoms with Gasteiger partial charge in [-0.3, -0.25) is 0 Å². The van der Waals surface area contributed by atoms with Gasteiger partial charge in [-0.1, -0.05) is 50.6 Å². The van der Waals surface area contributed by atoms with Crippen molar-refractivity contribution in [3.63, 3.8) is 0 Å². The highest BCUT2D eigenvalue weighted by atomic mass is 14.8. The quantitative estimate of drug-likeness (QED) is 0.740. The van der Waals surface area contributed by atoms with Gasteiger partial charge in [-0.05, 0) is 43.8 Å². The molecule has 0 amide bonds. The van der Waals surface area contributed by atoms with Gasteiger partial charge in [0.05, 0.1) is 0 Å². The monoisotopic (exact) mass is 219 g/mol. The van der Waals surface area contributed by atoms with E-state index in [4.69, 9.17) is 0 Å². The van der Waals surface area contributed by atoms with E-state index in [0.29, 0.717) is 0 Å². The summed E-state index contributed by atoms with van der Waals surface area (Å²) in [5, 5.41) is 3.32. The first-order valence-corrected chi connectivity index (χ1v) is 6.44. The van der Waals surface area contributed by atoms with E-state index in [-0.39, 0.29) is 0 Å². The average molecular weight is 219 g/mol. The minimum atomic E-state index is 0.766. The lowest BCUT2D eigenvalue weighted by molar-refractivity contribution is 0.371. The average Bonchev–Trinajstić information content (AvgIpc) is 2.30. The van der Waals surface area contributed by atoms with Crippen LogP contribution in [0, 0.1) is 11.8 Å². The first kappa shape index (κ1) is 13.2. The van der Waals surface area contributed by atoms with Crippen LogP contribution < -0.4 is 5.32 Å². The second-order valence-electron chi connectivity index (χ2n) is 4.86. The molecule has 0 aromatic heterocycles. The van der Waals surface area contributed by atoms with Gasteiger partial charge in [0.1, 0.15) is 0 Å². The third kappa shape index (κ3) is 4.80. The molecule has 0 saturated carbocycles. The van der Waals surface area contributed by atoms with Gasteiger partial charge in [-0.15, -0.1) is 0 Å². The van der Waals surface area contributed by atoms with Gasteiger partial charge < -0.3 is 5.32 Å². The molecule has 90 valence electrons. The summed E-state index contributed by atoms with van der Waals surface area (Å²) in [5.74, 6) is 1.60. The van der Waals surface area contributed by atoms with Crippen LogP contribution in [0.4, 0.5) is 0 Å². The lowest BCUT2D eigenvalue weighted by Gasteiger charge is -2.20. The number of rotatable bonds is 7. The summed E-state index contributed by atoms with van der Waals surface area (Å²) >= 11 is 0. The van der Waals surface area contributed by atoms with E-state index in [1.165, 1.54) is 24.8 Å². The van der Waals surface area contributed by atoms with Crippen molar-refractivity contribution in [3.8, 4) is 0 Å². The molecule has 2 unspecified atom stereocenters. The molecule has 0 aliphatic rings. The minimum absolute atomic E-state index is 0.766. The van der Waals surface area contributed by atoms with Crippen LogP contribution in [0.15, 0.2) is 30.3 Å². The Labute approximate surface area is 100 Å². The van der Waals surface area contributed by atoms with Crippen LogP contribution in [0.3, 0.4) is 0 Å². The van der Waals surface area contributed by atoms with Gasteiger partial charge in [0, 0.05) is 0 Å². The lowest BCUT2D eigenvalue weighted by atomic mass is 9.89. The highest BCUT2D eigenvalue weighted by Crippen LogP contribution is 2.18. The molecule has 0 heterocycles. The van der Waals surface area contributed by atoms with E-state index < -0.39 is 0 Å². The van der Waals surface area contributed by atoms with Crippen LogP contribution >= 0.6 is 0 Å². The Balaban J connectivity index is 2.50. The SMILES string of the molecule is CCC(C)CC(CNC)Cc1ccccc1. The minimum Gasteiger partial charge on any atom is -0.319 e. The predicted octanol–water partition coefficient (Wildman–Crippen LogP) is 3.50. The maximum absolute atomic E-state index is 3.32. The predicted molar refractivity (Wildman–Crippen MR) is 71.6 cm³/mol. The zero-order chi connectivity index (χ0) is 11.8. The smallest absolute Gasteiger partial charge is 0.00202 e. The van der Waals surface area contributed by atoms with Gasteiger partial charge in [0.15, 0.2) is 0 Å². The molecule has 0 aliphatic carbocycles. The van der Waals surface area contributed by atoms with Crippen LogP contribution in [0.1, 0.15) is 32.3 Å². The fourth-order valence-corrected chi connectivity index (χ4v) is 2.21. The number of nitrogens with one attached hydrogen (secondary N) is 1. The maximum atomic E-state index is 3.32. The summed E-state index contributed by atoms with van der Waals surface area (Å²) in [6.45, 7) is 5.76. The highest BCUT2D eigenvalue weighted by Gasteiger charge is 2.12. The fraction of sp³-hybridized carbons (Fsp3) is 0.600. The number of hydrogen-bond donors (Lipinski definition) is 1. The van der Waals surface area contributed by atoms with Crippen LogP contribution in [0.25, 0.3) is 0 Å². The molecule has 0 aliphatic heterocycles.